The Morgan fingerprint density at radius 3 is 2.80 bits per heavy atom. The smallest absolute Gasteiger partial charge is 0.0381 e. The number of hydrogen-bond acceptors (Lipinski definition) is 1. The maximum atomic E-state index is 3.89. The fourth-order valence-corrected chi connectivity index (χ4v) is 5.32. The third-order valence-corrected chi connectivity index (χ3v) is 6.33. The number of nitrogens with one attached hydrogen (secondary N) is 1. The van der Waals surface area contributed by atoms with Crippen molar-refractivity contribution in [2.75, 3.05) is 5.32 Å². The summed E-state index contributed by atoms with van der Waals surface area (Å²) in [5.74, 6) is 1.58. The average Bonchev–Trinajstić information content (AvgIpc) is 2.79. The van der Waals surface area contributed by atoms with Crippen LogP contribution in [0.3, 0.4) is 0 Å². The van der Waals surface area contributed by atoms with Gasteiger partial charge < -0.3 is 5.32 Å². The van der Waals surface area contributed by atoms with E-state index >= 15 is 0 Å². The molecule has 1 heteroatoms. The van der Waals surface area contributed by atoms with Gasteiger partial charge in [-0.1, -0.05) is 45.2 Å². The van der Waals surface area contributed by atoms with Crippen LogP contribution in [-0.2, 0) is 5.41 Å². The molecule has 1 heterocycles. The van der Waals surface area contributed by atoms with Gasteiger partial charge in [-0.2, -0.15) is 0 Å². The highest BCUT2D eigenvalue weighted by Crippen LogP contribution is 2.58. The molecule has 20 heavy (non-hydrogen) atoms. The van der Waals surface area contributed by atoms with Crippen molar-refractivity contribution < 1.29 is 0 Å². The Kier molecular flexibility index (Phi) is 2.87. The van der Waals surface area contributed by atoms with Crippen LogP contribution in [0.4, 0.5) is 5.69 Å². The predicted octanol–water partition coefficient (Wildman–Crippen LogP) is 5.22. The Morgan fingerprint density at radius 1 is 1.10 bits per heavy atom. The van der Waals surface area contributed by atoms with Crippen LogP contribution >= 0.6 is 0 Å². The van der Waals surface area contributed by atoms with Gasteiger partial charge in [-0.3, -0.25) is 0 Å². The minimum atomic E-state index is 0.483. The summed E-state index contributed by atoms with van der Waals surface area (Å²) in [6.07, 6.45) is 10.0. The second-order valence-corrected chi connectivity index (χ2v) is 7.57. The highest BCUT2D eigenvalue weighted by atomic mass is 15.0. The highest BCUT2D eigenvalue weighted by Gasteiger charge is 2.53. The number of anilines is 1. The normalized spacial score (nSPS) is 35.1. The van der Waals surface area contributed by atoms with E-state index in [0.29, 0.717) is 11.3 Å². The molecule has 2 saturated carbocycles. The van der Waals surface area contributed by atoms with Crippen LogP contribution in [0.15, 0.2) is 18.2 Å². The molecule has 0 amide bonds. The molecule has 3 aliphatic rings. The number of fused-ring (bicyclic) bond motifs is 1. The summed E-state index contributed by atoms with van der Waals surface area (Å²) in [5.41, 5.74) is 5.14. The molecule has 0 radical (unpaired) electrons. The summed E-state index contributed by atoms with van der Waals surface area (Å²) in [6, 6.07) is 7.97. The number of hydrogen-bond donors (Lipinski definition) is 1. The van der Waals surface area contributed by atoms with E-state index in [9.17, 15) is 0 Å². The lowest BCUT2D eigenvalue weighted by atomic mass is 9.55. The first-order valence-corrected chi connectivity index (χ1v) is 8.63. The largest absolute Gasteiger partial charge is 0.381 e. The van der Waals surface area contributed by atoms with E-state index < -0.39 is 0 Å². The van der Waals surface area contributed by atoms with Crippen molar-refractivity contribution in [3.05, 3.63) is 29.3 Å². The van der Waals surface area contributed by atoms with E-state index in [1.807, 2.05) is 0 Å². The quantitative estimate of drug-likeness (QED) is 0.737. The van der Waals surface area contributed by atoms with Crippen LogP contribution in [0.2, 0.25) is 0 Å². The second-order valence-electron chi connectivity index (χ2n) is 7.57. The van der Waals surface area contributed by atoms with Gasteiger partial charge in [0.25, 0.3) is 0 Å². The van der Waals surface area contributed by atoms with Crippen molar-refractivity contribution in [1.29, 1.82) is 0 Å². The molecule has 1 aliphatic heterocycles. The summed E-state index contributed by atoms with van der Waals surface area (Å²) in [5, 5.41) is 3.89. The Hall–Kier alpha value is -0.980. The van der Waals surface area contributed by atoms with E-state index in [1.165, 1.54) is 56.2 Å². The molecule has 1 nitrogen and oxygen atoms in total. The van der Waals surface area contributed by atoms with Crippen LogP contribution in [0.1, 0.15) is 75.8 Å². The molecule has 1 aromatic rings. The Bertz CT molecular complexity index is 508. The number of benzene rings is 1. The first-order valence-electron chi connectivity index (χ1n) is 8.63. The molecule has 0 bridgehead atoms. The molecular weight excluding hydrogens is 242 g/mol. The lowest BCUT2D eigenvalue weighted by Gasteiger charge is -2.49. The fraction of sp³-hybridized carbons (Fsp3) is 0.684. The molecule has 1 N–H and O–H groups in total. The topological polar surface area (TPSA) is 12.0 Å². The third-order valence-electron chi connectivity index (χ3n) is 6.33. The van der Waals surface area contributed by atoms with Gasteiger partial charge in [0.1, 0.15) is 0 Å². The zero-order valence-corrected chi connectivity index (χ0v) is 12.9. The van der Waals surface area contributed by atoms with Crippen LogP contribution in [0.5, 0.6) is 0 Å². The highest BCUT2D eigenvalue weighted by molar-refractivity contribution is 5.64. The fourth-order valence-electron chi connectivity index (χ4n) is 5.32. The lowest BCUT2D eigenvalue weighted by molar-refractivity contribution is 0.118. The zero-order valence-electron chi connectivity index (χ0n) is 12.9. The van der Waals surface area contributed by atoms with Gasteiger partial charge in [-0.25, -0.2) is 0 Å². The van der Waals surface area contributed by atoms with Gasteiger partial charge in [-0.15, -0.1) is 0 Å². The van der Waals surface area contributed by atoms with Gasteiger partial charge in [0.2, 0.25) is 0 Å². The maximum absolute atomic E-state index is 3.89. The molecule has 3 unspecified atom stereocenters. The molecule has 4 rings (SSSR count). The molecule has 2 fully saturated rings. The van der Waals surface area contributed by atoms with Gasteiger partial charge in [0, 0.05) is 17.1 Å². The molecule has 1 spiro atoms. The molecule has 2 aliphatic carbocycles. The minimum absolute atomic E-state index is 0.483. The van der Waals surface area contributed by atoms with Crippen molar-refractivity contribution in [1.82, 2.24) is 0 Å². The molecule has 108 valence electrons. The van der Waals surface area contributed by atoms with Crippen molar-refractivity contribution >= 4 is 5.69 Å². The Labute approximate surface area is 123 Å². The molecule has 3 atom stereocenters. The van der Waals surface area contributed by atoms with Gasteiger partial charge >= 0.3 is 0 Å². The maximum Gasteiger partial charge on any atom is 0.0381 e. The Balaban J connectivity index is 1.85. The van der Waals surface area contributed by atoms with E-state index in [2.05, 4.69) is 37.4 Å². The second kappa shape index (κ2) is 4.51. The summed E-state index contributed by atoms with van der Waals surface area (Å²) in [4.78, 5) is 0. The predicted molar refractivity (Wildman–Crippen MR) is 85.4 cm³/mol. The SMILES string of the molecule is CC(C)c1ccc2c(c1)C13CCCCC1CCCC3N2. The van der Waals surface area contributed by atoms with E-state index in [4.69, 9.17) is 0 Å². The van der Waals surface area contributed by atoms with Gasteiger partial charge in [0.05, 0.1) is 0 Å². The summed E-state index contributed by atoms with van der Waals surface area (Å²) in [6.45, 7) is 4.64. The lowest BCUT2D eigenvalue weighted by Crippen LogP contribution is -2.49. The monoisotopic (exact) mass is 269 g/mol. The van der Waals surface area contributed by atoms with Crippen LogP contribution in [0, 0.1) is 5.92 Å². The van der Waals surface area contributed by atoms with Gasteiger partial charge in [0.15, 0.2) is 0 Å². The standard InChI is InChI=1S/C19H27N/c1-13(2)14-9-10-17-16(12-14)19-11-4-3-6-15(19)7-5-8-18(19)20-17/h9-10,12-13,15,18,20H,3-8,11H2,1-2H3. The minimum Gasteiger partial charge on any atom is -0.381 e. The molecule has 0 aromatic heterocycles. The van der Waals surface area contributed by atoms with Crippen LogP contribution < -0.4 is 5.32 Å². The van der Waals surface area contributed by atoms with E-state index in [1.54, 1.807) is 5.56 Å². The average molecular weight is 269 g/mol. The van der Waals surface area contributed by atoms with Crippen molar-refractivity contribution in [3.8, 4) is 0 Å². The third kappa shape index (κ3) is 1.61. The first kappa shape index (κ1) is 12.7. The first-order chi connectivity index (χ1) is 9.72. The van der Waals surface area contributed by atoms with Crippen molar-refractivity contribution in [2.24, 2.45) is 5.92 Å². The molecular formula is C19H27N. The summed E-state index contributed by atoms with van der Waals surface area (Å²) in [7, 11) is 0. The summed E-state index contributed by atoms with van der Waals surface area (Å²) >= 11 is 0. The van der Waals surface area contributed by atoms with Gasteiger partial charge in [-0.05, 0) is 54.7 Å². The molecule has 1 aromatic carbocycles. The zero-order chi connectivity index (χ0) is 13.7. The van der Waals surface area contributed by atoms with E-state index in [0.717, 1.165) is 12.0 Å². The molecule has 0 saturated heterocycles. The van der Waals surface area contributed by atoms with Crippen LogP contribution in [-0.4, -0.2) is 6.04 Å². The van der Waals surface area contributed by atoms with Crippen molar-refractivity contribution in [3.63, 3.8) is 0 Å². The Morgan fingerprint density at radius 2 is 1.95 bits per heavy atom. The number of rotatable bonds is 1. The van der Waals surface area contributed by atoms with Crippen LogP contribution in [0.25, 0.3) is 0 Å². The summed E-state index contributed by atoms with van der Waals surface area (Å²) < 4.78 is 0. The van der Waals surface area contributed by atoms with Crippen molar-refractivity contribution in [2.45, 2.75) is 76.2 Å². The van der Waals surface area contributed by atoms with E-state index in [-0.39, 0.29) is 0 Å².